The standard InChI is InChI=1S/C13H17N5O2/c1-2-18-9-16-17-12(18)7-15-13(19)8-20-11-6-4-3-5-10(11)14/h3-6,9H,2,7-8,14H2,1H3,(H,15,19). The molecule has 0 aliphatic rings. The average molecular weight is 275 g/mol. The van der Waals surface area contributed by atoms with Gasteiger partial charge >= 0.3 is 0 Å². The van der Waals surface area contributed by atoms with Crippen LogP contribution in [0.25, 0.3) is 0 Å². The van der Waals surface area contributed by atoms with Crippen LogP contribution in [0.15, 0.2) is 30.6 Å². The predicted molar refractivity (Wildman–Crippen MR) is 73.9 cm³/mol. The Hall–Kier alpha value is -2.57. The van der Waals surface area contributed by atoms with Crippen LogP contribution in [-0.2, 0) is 17.9 Å². The van der Waals surface area contributed by atoms with Crippen LogP contribution in [0.1, 0.15) is 12.7 Å². The first kappa shape index (κ1) is 13.9. The molecule has 7 heteroatoms. The van der Waals surface area contributed by atoms with Gasteiger partial charge in [0.25, 0.3) is 5.91 Å². The molecular formula is C13H17N5O2. The van der Waals surface area contributed by atoms with Gasteiger partial charge in [0.15, 0.2) is 12.4 Å². The maximum Gasteiger partial charge on any atom is 0.258 e. The number of nitrogens with zero attached hydrogens (tertiary/aromatic N) is 3. The van der Waals surface area contributed by atoms with Crippen molar-refractivity contribution in [1.82, 2.24) is 20.1 Å². The van der Waals surface area contributed by atoms with Gasteiger partial charge in [-0.1, -0.05) is 12.1 Å². The maximum absolute atomic E-state index is 11.7. The molecule has 1 aromatic heterocycles. The number of carbonyl (C=O) groups excluding carboxylic acids is 1. The van der Waals surface area contributed by atoms with Gasteiger partial charge in [-0.2, -0.15) is 0 Å². The number of nitrogens with one attached hydrogen (secondary N) is 1. The Balaban J connectivity index is 1.80. The molecule has 1 aromatic carbocycles. The molecular weight excluding hydrogens is 258 g/mol. The van der Waals surface area contributed by atoms with Crippen molar-refractivity contribution in [1.29, 1.82) is 0 Å². The zero-order chi connectivity index (χ0) is 14.4. The normalized spacial score (nSPS) is 10.2. The molecule has 1 heterocycles. The third kappa shape index (κ3) is 3.47. The minimum Gasteiger partial charge on any atom is -0.482 e. The maximum atomic E-state index is 11.7. The Morgan fingerprint density at radius 1 is 1.45 bits per heavy atom. The molecule has 0 spiro atoms. The van der Waals surface area contributed by atoms with Crippen molar-refractivity contribution >= 4 is 11.6 Å². The number of benzene rings is 1. The molecule has 2 aromatic rings. The van der Waals surface area contributed by atoms with E-state index in [1.54, 1.807) is 30.6 Å². The highest BCUT2D eigenvalue weighted by Crippen LogP contribution is 2.19. The molecule has 1 amide bonds. The summed E-state index contributed by atoms with van der Waals surface area (Å²) in [5.41, 5.74) is 6.22. The van der Waals surface area contributed by atoms with E-state index < -0.39 is 0 Å². The average Bonchev–Trinajstić information content (AvgIpc) is 2.91. The van der Waals surface area contributed by atoms with Gasteiger partial charge in [0.1, 0.15) is 12.1 Å². The van der Waals surface area contributed by atoms with Gasteiger partial charge in [0.05, 0.1) is 12.2 Å². The third-order valence-corrected chi connectivity index (χ3v) is 2.76. The Labute approximate surface area is 116 Å². The Kier molecular flexibility index (Phi) is 4.54. The van der Waals surface area contributed by atoms with E-state index in [4.69, 9.17) is 10.5 Å². The van der Waals surface area contributed by atoms with E-state index in [9.17, 15) is 4.79 Å². The van der Waals surface area contributed by atoms with Crippen LogP contribution in [0, 0.1) is 0 Å². The number of ether oxygens (including phenoxy) is 1. The minimum atomic E-state index is -0.237. The number of nitrogens with two attached hydrogens (primary N) is 1. The first-order valence-corrected chi connectivity index (χ1v) is 6.31. The molecule has 3 N–H and O–H groups in total. The van der Waals surface area contributed by atoms with Crippen molar-refractivity contribution < 1.29 is 9.53 Å². The van der Waals surface area contributed by atoms with Crippen LogP contribution in [0.3, 0.4) is 0 Å². The summed E-state index contributed by atoms with van der Waals surface area (Å²) in [7, 11) is 0. The highest BCUT2D eigenvalue weighted by Gasteiger charge is 2.07. The highest BCUT2D eigenvalue weighted by molar-refractivity contribution is 5.77. The first-order valence-electron chi connectivity index (χ1n) is 6.31. The fraction of sp³-hybridized carbons (Fsp3) is 0.308. The van der Waals surface area contributed by atoms with E-state index in [0.717, 1.165) is 6.54 Å². The lowest BCUT2D eigenvalue weighted by Crippen LogP contribution is -2.29. The van der Waals surface area contributed by atoms with Gasteiger partial charge in [-0.15, -0.1) is 10.2 Å². The van der Waals surface area contributed by atoms with E-state index in [-0.39, 0.29) is 12.5 Å². The number of aromatic nitrogens is 3. The molecule has 0 unspecified atom stereocenters. The second kappa shape index (κ2) is 6.55. The second-order valence-electron chi connectivity index (χ2n) is 4.14. The lowest BCUT2D eigenvalue weighted by atomic mass is 10.3. The van der Waals surface area contributed by atoms with Crippen LogP contribution in [-0.4, -0.2) is 27.3 Å². The molecule has 0 saturated carbocycles. The molecule has 2 rings (SSSR count). The van der Waals surface area contributed by atoms with Crippen molar-refractivity contribution in [2.45, 2.75) is 20.0 Å². The van der Waals surface area contributed by atoms with Crippen LogP contribution in [0.4, 0.5) is 5.69 Å². The molecule has 7 nitrogen and oxygen atoms in total. The third-order valence-electron chi connectivity index (χ3n) is 2.76. The van der Waals surface area contributed by atoms with Crippen molar-refractivity contribution in [3.63, 3.8) is 0 Å². The summed E-state index contributed by atoms with van der Waals surface area (Å²) in [6.45, 7) is 2.97. The van der Waals surface area contributed by atoms with E-state index >= 15 is 0 Å². The number of aryl methyl sites for hydroxylation is 1. The summed E-state index contributed by atoms with van der Waals surface area (Å²) >= 11 is 0. The van der Waals surface area contributed by atoms with Gasteiger partial charge < -0.3 is 20.4 Å². The molecule has 0 atom stereocenters. The van der Waals surface area contributed by atoms with Gasteiger partial charge in [-0.25, -0.2) is 0 Å². The van der Waals surface area contributed by atoms with Gasteiger partial charge in [-0.05, 0) is 19.1 Å². The summed E-state index contributed by atoms with van der Waals surface area (Å²) < 4.78 is 7.20. The Bertz CT molecular complexity index is 582. The number of carbonyl (C=O) groups is 1. The number of para-hydroxylation sites is 2. The van der Waals surface area contributed by atoms with Crippen LogP contribution >= 0.6 is 0 Å². The number of hydrogen-bond donors (Lipinski definition) is 2. The van der Waals surface area contributed by atoms with E-state index in [1.807, 2.05) is 11.5 Å². The number of amides is 1. The summed E-state index contributed by atoms with van der Waals surface area (Å²) in [4.78, 5) is 11.7. The lowest BCUT2D eigenvalue weighted by Gasteiger charge is -2.09. The Morgan fingerprint density at radius 3 is 3.00 bits per heavy atom. The quantitative estimate of drug-likeness (QED) is 0.752. The van der Waals surface area contributed by atoms with Gasteiger partial charge in [-0.3, -0.25) is 4.79 Å². The van der Waals surface area contributed by atoms with E-state index in [2.05, 4.69) is 15.5 Å². The minimum absolute atomic E-state index is 0.0888. The van der Waals surface area contributed by atoms with Crippen molar-refractivity contribution in [3.05, 3.63) is 36.4 Å². The topological polar surface area (TPSA) is 95.1 Å². The molecule has 0 saturated heterocycles. The number of nitrogen functional groups attached to an aromatic ring is 1. The second-order valence-corrected chi connectivity index (χ2v) is 4.14. The van der Waals surface area contributed by atoms with Gasteiger partial charge in [0, 0.05) is 6.54 Å². The summed E-state index contributed by atoms with van der Waals surface area (Å²) in [5, 5.41) is 10.4. The van der Waals surface area contributed by atoms with Crippen molar-refractivity contribution in [2.75, 3.05) is 12.3 Å². The zero-order valence-electron chi connectivity index (χ0n) is 11.2. The number of anilines is 1. The molecule has 0 aliphatic heterocycles. The van der Waals surface area contributed by atoms with E-state index in [0.29, 0.717) is 23.8 Å². The SMILES string of the molecule is CCn1cnnc1CNC(=O)COc1ccccc1N. The molecule has 0 bridgehead atoms. The molecule has 106 valence electrons. The van der Waals surface area contributed by atoms with Crippen LogP contribution in [0.2, 0.25) is 0 Å². The molecule has 0 radical (unpaired) electrons. The van der Waals surface area contributed by atoms with Crippen LogP contribution in [0.5, 0.6) is 5.75 Å². The molecule has 0 aliphatic carbocycles. The lowest BCUT2D eigenvalue weighted by molar-refractivity contribution is -0.123. The fourth-order valence-corrected chi connectivity index (χ4v) is 1.66. The summed E-state index contributed by atoms with van der Waals surface area (Å²) in [6, 6.07) is 7.04. The van der Waals surface area contributed by atoms with Crippen LogP contribution < -0.4 is 15.8 Å². The largest absolute Gasteiger partial charge is 0.482 e. The number of hydrogen-bond acceptors (Lipinski definition) is 5. The highest BCUT2D eigenvalue weighted by atomic mass is 16.5. The fourth-order valence-electron chi connectivity index (χ4n) is 1.66. The van der Waals surface area contributed by atoms with Crippen molar-refractivity contribution in [2.24, 2.45) is 0 Å². The number of rotatable bonds is 6. The Morgan fingerprint density at radius 2 is 2.25 bits per heavy atom. The molecule has 20 heavy (non-hydrogen) atoms. The molecule has 0 fully saturated rings. The zero-order valence-corrected chi connectivity index (χ0v) is 11.2. The monoisotopic (exact) mass is 275 g/mol. The van der Waals surface area contributed by atoms with Gasteiger partial charge in [0.2, 0.25) is 0 Å². The van der Waals surface area contributed by atoms with E-state index in [1.165, 1.54) is 0 Å². The summed E-state index contributed by atoms with van der Waals surface area (Å²) in [6.07, 6.45) is 1.63. The van der Waals surface area contributed by atoms with Crippen molar-refractivity contribution in [3.8, 4) is 5.75 Å². The first-order chi connectivity index (χ1) is 9.70. The smallest absolute Gasteiger partial charge is 0.258 e. The summed E-state index contributed by atoms with van der Waals surface area (Å²) in [5.74, 6) is 0.971. The predicted octanol–water partition coefficient (Wildman–Crippen LogP) is 0.575.